The third kappa shape index (κ3) is 3.80. The first-order valence-corrected chi connectivity index (χ1v) is 9.49. The number of rotatable bonds is 6. The second-order valence-corrected chi connectivity index (χ2v) is 7.19. The highest BCUT2D eigenvalue weighted by Crippen LogP contribution is 2.43. The van der Waals surface area contributed by atoms with Gasteiger partial charge in [-0.15, -0.1) is 10.2 Å². The molecule has 1 aliphatic carbocycles. The van der Waals surface area contributed by atoms with Crippen LogP contribution in [-0.4, -0.2) is 44.5 Å². The largest absolute Gasteiger partial charge is 0.514 e. The number of anilines is 1. The van der Waals surface area contributed by atoms with Gasteiger partial charge in [-0.2, -0.15) is 4.98 Å². The Morgan fingerprint density at radius 1 is 1.30 bits per heavy atom. The van der Waals surface area contributed by atoms with Crippen molar-refractivity contribution < 1.29 is 18.7 Å². The summed E-state index contributed by atoms with van der Waals surface area (Å²) in [7, 11) is 2.97. The van der Waals surface area contributed by atoms with Crippen LogP contribution >= 0.6 is 0 Å². The van der Waals surface area contributed by atoms with Gasteiger partial charge in [0.05, 0.1) is 19.0 Å². The molecule has 0 unspecified atom stereocenters. The molecular formula is C20H21FN6O3. The summed E-state index contributed by atoms with van der Waals surface area (Å²) in [5, 5.41) is 11.7. The monoisotopic (exact) mass is 412 g/mol. The van der Waals surface area contributed by atoms with Crippen LogP contribution < -0.4 is 10.1 Å². The number of pyridine rings is 1. The summed E-state index contributed by atoms with van der Waals surface area (Å²) >= 11 is 0. The average molecular weight is 412 g/mol. The molecule has 0 atom stereocenters. The lowest BCUT2D eigenvalue weighted by atomic mass is 9.66. The van der Waals surface area contributed by atoms with Crippen LogP contribution in [-0.2, 0) is 17.2 Å². The molecule has 0 saturated heterocycles. The summed E-state index contributed by atoms with van der Waals surface area (Å²) in [5.74, 6) is 0.883. The predicted molar refractivity (Wildman–Crippen MR) is 105 cm³/mol. The molecule has 10 heteroatoms. The van der Waals surface area contributed by atoms with Gasteiger partial charge in [-0.3, -0.25) is 4.98 Å². The summed E-state index contributed by atoms with van der Waals surface area (Å²) in [5.41, 5.74) is 0.683. The molecule has 3 aromatic rings. The van der Waals surface area contributed by atoms with Gasteiger partial charge in [0.25, 0.3) is 0 Å². The number of aromatic nitrogens is 5. The van der Waals surface area contributed by atoms with Crippen LogP contribution in [0.4, 0.5) is 15.0 Å². The molecule has 0 aliphatic heterocycles. The van der Waals surface area contributed by atoms with Crippen molar-refractivity contribution >= 4 is 12.0 Å². The van der Waals surface area contributed by atoms with Gasteiger partial charge in [-0.05, 0) is 37.1 Å². The Bertz CT molecular complexity index is 1050. The zero-order valence-corrected chi connectivity index (χ0v) is 16.6. The summed E-state index contributed by atoms with van der Waals surface area (Å²) in [4.78, 5) is 19.7. The Morgan fingerprint density at radius 3 is 2.77 bits per heavy atom. The van der Waals surface area contributed by atoms with Crippen molar-refractivity contribution in [2.75, 3.05) is 19.0 Å². The molecule has 4 rings (SSSR count). The molecule has 156 valence electrons. The Kier molecular flexibility index (Phi) is 5.30. The van der Waals surface area contributed by atoms with E-state index in [1.165, 1.54) is 13.2 Å². The third-order valence-corrected chi connectivity index (χ3v) is 5.28. The van der Waals surface area contributed by atoms with Crippen molar-refractivity contribution in [3.8, 4) is 17.4 Å². The van der Waals surface area contributed by atoms with Gasteiger partial charge >= 0.3 is 6.16 Å². The number of nitrogens with one attached hydrogen (secondary N) is 1. The Morgan fingerprint density at radius 2 is 2.13 bits per heavy atom. The lowest BCUT2D eigenvalue weighted by Crippen LogP contribution is -2.42. The Hall–Kier alpha value is -3.56. The second-order valence-electron chi connectivity index (χ2n) is 7.19. The van der Waals surface area contributed by atoms with Gasteiger partial charge in [0.1, 0.15) is 17.3 Å². The lowest BCUT2D eigenvalue weighted by Gasteiger charge is -2.41. The fraction of sp³-hybridized carbons (Fsp3) is 0.350. The lowest BCUT2D eigenvalue weighted by molar-refractivity contribution is 0.120. The van der Waals surface area contributed by atoms with Crippen molar-refractivity contribution in [3.63, 3.8) is 0 Å². The number of halogens is 1. The first-order chi connectivity index (χ1) is 14.5. The maximum Gasteiger partial charge on any atom is 0.514 e. The van der Waals surface area contributed by atoms with Crippen molar-refractivity contribution in [2.45, 2.75) is 24.7 Å². The van der Waals surface area contributed by atoms with Gasteiger partial charge in [0, 0.05) is 25.2 Å². The fourth-order valence-electron chi connectivity index (χ4n) is 3.54. The number of imidazole rings is 1. The number of nitrogens with zero attached hydrogens (tertiary/aromatic N) is 5. The number of carbonyl (C=O) groups is 1. The highest BCUT2D eigenvalue weighted by molar-refractivity contribution is 5.63. The van der Waals surface area contributed by atoms with Crippen LogP contribution in [0.5, 0.6) is 5.88 Å². The molecule has 1 fully saturated rings. The molecule has 1 aliphatic rings. The summed E-state index contributed by atoms with van der Waals surface area (Å²) < 4.78 is 25.3. The molecule has 0 amide bonds. The number of methoxy groups -OCH3 is 1. The van der Waals surface area contributed by atoms with Crippen LogP contribution in [0.1, 0.15) is 25.0 Å². The van der Waals surface area contributed by atoms with Crippen molar-refractivity contribution in [2.24, 2.45) is 7.05 Å². The van der Waals surface area contributed by atoms with E-state index in [2.05, 4.69) is 30.2 Å². The van der Waals surface area contributed by atoms with Crippen LogP contribution in [0, 0.1) is 5.82 Å². The molecule has 3 aromatic heterocycles. The topological polar surface area (TPSA) is 104 Å². The minimum Gasteiger partial charge on any atom is -0.437 e. The van der Waals surface area contributed by atoms with E-state index in [9.17, 15) is 9.18 Å². The van der Waals surface area contributed by atoms with E-state index < -0.39 is 6.16 Å². The van der Waals surface area contributed by atoms with Crippen LogP contribution in [0.25, 0.3) is 11.5 Å². The zero-order chi connectivity index (χ0) is 21.1. The van der Waals surface area contributed by atoms with E-state index in [1.54, 1.807) is 42.2 Å². The molecule has 3 heterocycles. The predicted octanol–water partition coefficient (Wildman–Crippen LogP) is 3.09. The molecule has 1 saturated carbocycles. The van der Waals surface area contributed by atoms with Crippen LogP contribution in [0.15, 0.2) is 36.7 Å². The molecular weight excluding hydrogens is 391 g/mol. The van der Waals surface area contributed by atoms with Crippen LogP contribution in [0.3, 0.4) is 0 Å². The maximum atomic E-state index is 14.2. The highest BCUT2D eigenvalue weighted by Gasteiger charge is 2.41. The number of ether oxygens (including phenoxy) is 2. The average Bonchev–Trinajstić information content (AvgIpc) is 3.08. The van der Waals surface area contributed by atoms with E-state index in [0.717, 1.165) is 19.3 Å². The minimum absolute atomic E-state index is 0.104. The molecule has 0 spiro atoms. The van der Waals surface area contributed by atoms with Crippen molar-refractivity contribution in [1.29, 1.82) is 0 Å². The van der Waals surface area contributed by atoms with E-state index in [4.69, 9.17) is 4.74 Å². The first-order valence-electron chi connectivity index (χ1n) is 9.49. The van der Waals surface area contributed by atoms with Gasteiger partial charge in [0.2, 0.25) is 5.88 Å². The summed E-state index contributed by atoms with van der Waals surface area (Å²) in [6, 6.07) is 6.58. The van der Waals surface area contributed by atoms with E-state index >= 15 is 0 Å². The molecule has 9 nitrogen and oxygen atoms in total. The van der Waals surface area contributed by atoms with Crippen LogP contribution in [0.2, 0.25) is 0 Å². The Balaban J connectivity index is 1.46. The standard InChI is InChI=1S/C20H21FN6O3/c1-27-11-16(30-19(28)29-2)24-18(27)14-6-7-15(26-25-14)23-12-20(8-4-9-20)17-13(21)5-3-10-22-17/h3,5-7,10-11H,4,8-9,12H2,1-2H3,(H,23,26). The number of hydrogen-bond donors (Lipinski definition) is 1. The minimum atomic E-state index is -0.848. The van der Waals surface area contributed by atoms with Gasteiger partial charge < -0.3 is 19.4 Å². The summed E-state index contributed by atoms with van der Waals surface area (Å²) in [6.45, 7) is 0.522. The smallest absolute Gasteiger partial charge is 0.437 e. The molecule has 0 radical (unpaired) electrons. The van der Waals surface area contributed by atoms with E-state index in [1.807, 2.05) is 0 Å². The fourth-order valence-corrected chi connectivity index (χ4v) is 3.54. The quantitative estimate of drug-likeness (QED) is 0.616. The molecule has 0 aromatic carbocycles. The first kappa shape index (κ1) is 19.7. The molecule has 30 heavy (non-hydrogen) atoms. The third-order valence-electron chi connectivity index (χ3n) is 5.28. The van der Waals surface area contributed by atoms with Crippen molar-refractivity contribution in [1.82, 2.24) is 24.7 Å². The van der Waals surface area contributed by atoms with E-state index in [0.29, 0.717) is 29.6 Å². The normalized spacial score (nSPS) is 14.6. The maximum absolute atomic E-state index is 14.2. The number of carbonyl (C=O) groups excluding carboxylic acids is 1. The summed E-state index contributed by atoms with van der Waals surface area (Å²) in [6.07, 6.45) is 5.10. The Labute approximate surface area is 172 Å². The highest BCUT2D eigenvalue weighted by atomic mass is 19.1. The van der Waals surface area contributed by atoms with Gasteiger partial charge in [-0.25, -0.2) is 9.18 Å². The number of aryl methyl sites for hydroxylation is 1. The van der Waals surface area contributed by atoms with Crippen molar-refractivity contribution in [3.05, 3.63) is 48.2 Å². The molecule has 0 bridgehead atoms. The number of hydrogen-bond acceptors (Lipinski definition) is 8. The van der Waals surface area contributed by atoms with Gasteiger partial charge in [-0.1, -0.05) is 6.42 Å². The molecule has 1 N–H and O–H groups in total. The SMILES string of the molecule is COC(=O)Oc1cn(C)c(-c2ccc(NCC3(c4ncccc4F)CCC3)nn2)n1. The van der Waals surface area contributed by atoms with E-state index in [-0.39, 0.29) is 17.1 Å². The zero-order valence-electron chi connectivity index (χ0n) is 16.6. The second kappa shape index (κ2) is 8.05. The van der Waals surface area contributed by atoms with Gasteiger partial charge in [0.15, 0.2) is 5.82 Å².